The fraction of sp³-hybridized carbons (Fsp3) is 0.143. The van der Waals surface area contributed by atoms with Crippen LogP contribution in [0.2, 0.25) is 10.0 Å². The molecule has 0 radical (unpaired) electrons. The highest BCUT2D eigenvalue weighted by Gasteiger charge is 2.03. The summed E-state index contributed by atoms with van der Waals surface area (Å²) >= 11 is 15.2. The van der Waals surface area contributed by atoms with Gasteiger partial charge in [-0.15, -0.1) is 0 Å². The van der Waals surface area contributed by atoms with E-state index >= 15 is 0 Å². The van der Waals surface area contributed by atoms with E-state index < -0.39 is 5.82 Å². The molecule has 0 aromatic heterocycles. The number of nitrogens with one attached hydrogen (secondary N) is 1. The minimum Gasteiger partial charge on any atom is -0.309 e. The second kappa shape index (κ2) is 6.71. The maximum absolute atomic E-state index is 13.0. The van der Waals surface area contributed by atoms with Crippen LogP contribution < -0.4 is 5.32 Å². The third-order valence-corrected chi connectivity index (χ3v) is 3.78. The van der Waals surface area contributed by atoms with E-state index in [1.54, 1.807) is 12.1 Å². The van der Waals surface area contributed by atoms with Crippen molar-refractivity contribution >= 4 is 39.1 Å². The van der Waals surface area contributed by atoms with Crippen molar-refractivity contribution in [3.63, 3.8) is 0 Å². The largest absolute Gasteiger partial charge is 0.309 e. The molecule has 0 fully saturated rings. The molecule has 0 amide bonds. The van der Waals surface area contributed by atoms with E-state index in [9.17, 15) is 4.39 Å². The Morgan fingerprint density at radius 2 is 1.79 bits per heavy atom. The van der Waals surface area contributed by atoms with E-state index in [2.05, 4.69) is 21.2 Å². The quantitative estimate of drug-likeness (QED) is 0.789. The van der Waals surface area contributed by atoms with Crippen LogP contribution in [0.5, 0.6) is 0 Å². The van der Waals surface area contributed by atoms with E-state index in [0.29, 0.717) is 18.1 Å². The smallest absolute Gasteiger partial charge is 0.141 e. The van der Waals surface area contributed by atoms with Crippen LogP contribution in [0.25, 0.3) is 0 Å². The van der Waals surface area contributed by atoms with E-state index in [1.165, 1.54) is 6.07 Å². The van der Waals surface area contributed by atoms with Gasteiger partial charge in [0.1, 0.15) is 5.82 Å². The van der Waals surface area contributed by atoms with Gasteiger partial charge >= 0.3 is 0 Å². The molecule has 100 valence electrons. The SMILES string of the molecule is Fc1ccc(CNCc2ccc(Br)cc2Cl)cc1Cl. The first-order valence-electron chi connectivity index (χ1n) is 5.65. The average molecular weight is 363 g/mol. The van der Waals surface area contributed by atoms with Gasteiger partial charge in [0.15, 0.2) is 0 Å². The second-order valence-electron chi connectivity index (χ2n) is 4.09. The van der Waals surface area contributed by atoms with Gasteiger partial charge in [0, 0.05) is 22.6 Å². The highest BCUT2D eigenvalue weighted by atomic mass is 79.9. The van der Waals surface area contributed by atoms with Crippen molar-refractivity contribution in [3.05, 3.63) is 67.9 Å². The first-order chi connectivity index (χ1) is 9.06. The Morgan fingerprint density at radius 3 is 2.47 bits per heavy atom. The molecule has 0 spiro atoms. The minimum atomic E-state index is -0.402. The molecule has 2 aromatic carbocycles. The van der Waals surface area contributed by atoms with Gasteiger partial charge in [0.25, 0.3) is 0 Å². The van der Waals surface area contributed by atoms with Crippen LogP contribution in [0.4, 0.5) is 4.39 Å². The Balaban J connectivity index is 1.94. The summed E-state index contributed by atoms with van der Waals surface area (Å²) in [4.78, 5) is 0. The first-order valence-corrected chi connectivity index (χ1v) is 7.20. The molecule has 0 aliphatic rings. The van der Waals surface area contributed by atoms with Crippen LogP contribution in [-0.4, -0.2) is 0 Å². The molecule has 2 rings (SSSR count). The van der Waals surface area contributed by atoms with Crippen LogP contribution in [-0.2, 0) is 13.1 Å². The van der Waals surface area contributed by atoms with Crippen LogP contribution in [0.3, 0.4) is 0 Å². The zero-order chi connectivity index (χ0) is 13.8. The Hall–Kier alpha value is -0.610. The van der Waals surface area contributed by atoms with Crippen molar-refractivity contribution in [1.82, 2.24) is 5.32 Å². The van der Waals surface area contributed by atoms with Gasteiger partial charge in [0.05, 0.1) is 5.02 Å². The molecule has 0 aliphatic carbocycles. The molecule has 1 nitrogen and oxygen atoms in total. The number of hydrogen-bond donors (Lipinski definition) is 1. The molecule has 1 N–H and O–H groups in total. The second-order valence-corrected chi connectivity index (χ2v) is 5.82. The van der Waals surface area contributed by atoms with Gasteiger partial charge in [-0.25, -0.2) is 4.39 Å². The monoisotopic (exact) mass is 361 g/mol. The Bertz CT molecular complexity index is 590. The zero-order valence-corrected chi connectivity index (χ0v) is 13.0. The van der Waals surface area contributed by atoms with Gasteiger partial charge in [-0.05, 0) is 35.4 Å². The number of hydrogen-bond acceptors (Lipinski definition) is 1. The van der Waals surface area contributed by atoms with Crippen LogP contribution in [0.15, 0.2) is 40.9 Å². The lowest BCUT2D eigenvalue weighted by atomic mass is 10.2. The molecule has 0 aliphatic heterocycles. The lowest BCUT2D eigenvalue weighted by Crippen LogP contribution is -2.13. The number of halogens is 4. The maximum Gasteiger partial charge on any atom is 0.141 e. The van der Waals surface area contributed by atoms with Crippen molar-refractivity contribution in [2.45, 2.75) is 13.1 Å². The fourth-order valence-corrected chi connectivity index (χ4v) is 2.60. The summed E-state index contributed by atoms with van der Waals surface area (Å²) in [5.41, 5.74) is 1.94. The molecule has 19 heavy (non-hydrogen) atoms. The lowest BCUT2D eigenvalue weighted by Gasteiger charge is -2.08. The van der Waals surface area contributed by atoms with Crippen molar-refractivity contribution in [1.29, 1.82) is 0 Å². The molecule has 2 aromatic rings. The molecule has 0 heterocycles. The predicted octanol–water partition coefficient (Wildman–Crippen LogP) is 5.18. The summed E-state index contributed by atoms with van der Waals surface area (Å²) in [6.07, 6.45) is 0. The standard InChI is InChI=1S/C14H11BrCl2FN/c15-11-3-2-10(12(16)6-11)8-19-7-9-1-4-14(18)13(17)5-9/h1-6,19H,7-8H2. The van der Waals surface area contributed by atoms with E-state index in [1.807, 2.05) is 18.2 Å². The van der Waals surface area contributed by atoms with Crippen LogP contribution in [0, 0.1) is 5.82 Å². The third kappa shape index (κ3) is 4.18. The topological polar surface area (TPSA) is 12.0 Å². The molecule has 5 heteroatoms. The Kier molecular flexibility index (Phi) is 5.22. The molecule has 0 unspecified atom stereocenters. The predicted molar refractivity (Wildman–Crippen MR) is 81.1 cm³/mol. The van der Waals surface area contributed by atoms with Crippen LogP contribution in [0.1, 0.15) is 11.1 Å². The summed E-state index contributed by atoms with van der Waals surface area (Å²) in [5.74, 6) is -0.402. The van der Waals surface area contributed by atoms with Gasteiger partial charge in [0.2, 0.25) is 0 Å². The van der Waals surface area contributed by atoms with Gasteiger partial charge in [-0.1, -0.05) is 51.3 Å². The van der Waals surface area contributed by atoms with Crippen molar-refractivity contribution in [3.8, 4) is 0 Å². The lowest BCUT2D eigenvalue weighted by molar-refractivity contribution is 0.625. The molecule has 0 saturated carbocycles. The molecule has 0 atom stereocenters. The Labute approximate surface area is 129 Å². The maximum atomic E-state index is 13.0. The summed E-state index contributed by atoms with van der Waals surface area (Å²) in [5, 5.41) is 4.09. The molecule has 0 bridgehead atoms. The number of rotatable bonds is 4. The van der Waals surface area contributed by atoms with Gasteiger partial charge in [-0.3, -0.25) is 0 Å². The van der Waals surface area contributed by atoms with E-state index in [-0.39, 0.29) is 5.02 Å². The molecular formula is C14H11BrCl2FN. The van der Waals surface area contributed by atoms with Gasteiger partial charge < -0.3 is 5.32 Å². The summed E-state index contributed by atoms with van der Waals surface area (Å²) in [6, 6.07) is 10.4. The van der Waals surface area contributed by atoms with Crippen molar-refractivity contribution in [2.24, 2.45) is 0 Å². The van der Waals surface area contributed by atoms with Crippen LogP contribution >= 0.6 is 39.1 Å². The average Bonchev–Trinajstić information content (AvgIpc) is 2.36. The first kappa shape index (κ1) is 14.8. The van der Waals surface area contributed by atoms with E-state index in [0.717, 1.165) is 15.6 Å². The van der Waals surface area contributed by atoms with E-state index in [4.69, 9.17) is 23.2 Å². The highest BCUT2D eigenvalue weighted by Crippen LogP contribution is 2.21. The van der Waals surface area contributed by atoms with Gasteiger partial charge in [-0.2, -0.15) is 0 Å². The minimum absolute atomic E-state index is 0.140. The summed E-state index contributed by atoms with van der Waals surface area (Å²) in [6.45, 7) is 1.24. The summed E-state index contributed by atoms with van der Waals surface area (Å²) < 4.78 is 14.0. The Morgan fingerprint density at radius 1 is 1.00 bits per heavy atom. The van der Waals surface area contributed by atoms with Crippen molar-refractivity contribution < 1.29 is 4.39 Å². The summed E-state index contributed by atoms with van der Waals surface area (Å²) in [7, 11) is 0. The molecule has 0 saturated heterocycles. The third-order valence-electron chi connectivity index (χ3n) is 2.64. The number of benzene rings is 2. The zero-order valence-electron chi connectivity index (χ0n) is 9.89. The normalized spacial score (nSPS) is 10.7. The highest BCUT2D eigenvalue weighted by molar-refractivity contribution is 9.10. The fourth-order valence-electron chi connectivity index (χ4n) is 1.66. The molecular weight excluding hydrogens is 352 g/mol. The van der Waals surface area contributed by atoms with Crippen molar-refractivity contribution in [2.75, 3.05) is 0 Å².